The van der Waals surface area contributed by atoms with E-state index in [-0.39, 0.29) is 0 Å². The zero-order valence-corrected chi connectivity index (χ0v) is 8.58. The molecule has 1 aliphatic rings. The van der Waals surface area contributed by atoms with E-state index in [9.17, 15) is 0 Å². The lowest BCUT2D eigenvalue weighted by Crippen LogP contribution is -2.08. The molecule has 0 spiro atoms. The van der Waals surface area contributed by atoms with E-state index in [1.165, 1.54) is 32.1 Å². The summed E-state index contributed by atoms with van der Waals surface area (Å²) in [6, 6.07) is 0. The molecule has 0 aromatic carbocycles. The van der Waals surface area contributed by atoms with Crippen LogP contribution in [0.15, 0.2) is 0 Å². The molecule has 10 heavy (non-hydrogen) atoms. The normalized spacial score (nSPS) is 33.3. The van der Waals surface area contributed by atoms with Crippen LogP contribution in [-0.2, 0) is 0 Å². The summed E-state index contributed by atoms with van der Waals surface area (Å²) in [4.78, 5) is 0.800. The van der Waals surface area contributed by atoms with Crippen LogP contribution in [0.25, 0.3) is 0 Å². The average molecular weight is 205 g/mol. The molecule has 0 radical (unpaired) electrons. The number of hydrogen-bond donors (Lipinski definition) is 0. The predicted octanol–water partition coefficient (Wildman–Crippen LogP) is 3.74. The van der Waals surface area contributed by atoms with Crippen LogP contribution in [-0.4, -0.2) is 4.83 Å². The summed E-state index contributed by atoms with van der Waals surface area (Å²) >= 11 is 3.69. The van der Waals surface area contributed by atoms with Crippen molar-refractivity contribution in [2.45, 2.75) is 50.8 Å². The van der Waals surface area contributed by atoms with Crippen LogP contribution in [0.2, 0.25) is 0 Å². The highest BCUT2D eigenvalue weighted by atomic mass is 79.9. The van der Waals surface area contributed by atoms with Crippen LogP contribution in [0.5, 0.6) is 0 Å². The minimum absolute atomic E-state index is 0.614. The van der Waals surface area contributed by atoms with Gasteiger partial charge >= 0.3 is 0 Å². The molecule has 0 aromatic heterocycles. The van der Waals surface area contributed by atoms with Gasteiger partial charge in [-0.3, -0.25) is 0 Å². The monoisotopic (exact) mass is 204 g/mol. The molecule has 0 nitrogen and oxygen atoms in total. The summed E-state index contributed by atoms with van der Waals surface area (Å²) < 4.78 is 0. The molecule has 1 aliphatic carbocycles. The first-order chi connectivity index (χ1) is 4.60. The summed E-state index contributed by atoms with van der Waals surface area (Å²) in [5, 5.41) is 0. The summed E-state index contributed by atoms with van der Waals surface area (Å²) in [5.74, 6) is 0. The lowest BCUT2D eigenvalue weighted by Gasteiger charge is -2.21. The van der Waals surface area contributed by atoms with Crippen molar-refractivity contribution in [3.63, 3.8) is 0 Å². The van der Waals surface area contributed by atoms with Gasteiger partial charge in [-0.1, -0.05) is 36.2 Å². The van der Waals surface area contributed by atoms with Gasteiger partial charge < -0.3 is 0 Å². The van der Waals surface area contributed by atoms with Gasteiger partial charge in [-0.2, -0.15) is 0 Å². The molecule has 0 N–H and O–H groups in total. The Morgan fingerprint density at radius 3 is 2.60 bits per heavy atom. The maximum atomic E-state index is 3.69. The fourth-order valence-corrected chi connectivity index (χ4v) is 2.17. The SMILES string of the molecule is CC1(C)CCCC(Br)CC1. The lowest BCUT2D eigenvalue weighted by atomic mass is 9.85. The smallest absolute Gasteiger partial charge is 0.0146 e. The molecule has 60 valence electrons. The van der Waals surface area contributed by atoms with Gasteiger partial charge in [-0.15, -0.1) is 0 Å². The fourth-order valence-electron chi connectivity index (χ4n) is 1.62. The van der Waals surface area contributed by atoms with Gasteiger partial charge in [0.2, 0.25) is 0 Å². The Kier molecular flexibility index (Phi) is 2.79. The van der Waals surface area contributed by atoms with Crippen molar-refractivity contribution in [2.75, 3.05) is 0 Å². The van der Waals surface area contributed by atoms with Gasteiger partial charge in [0.15, 0.2) is 0 Å². The molecule has 1 rings (SSSR count). The van der Waals surface area contributed by atoms with E-state index in [0.717, 1.165) is 4.83 Å². The quantitative estimate of drug-likeness (QED) is 0.417. The standard InChI is InChI=1S/C9H17Br/c1-9(2)6-3-4-8(10)5-7-9/h8H,3-7H2,1-2H3. The van der Waals surface area contributed by atoms with Crippen LogP contribution < -0.4 is 0 Å². The fraction of sp³-hybridized carbons (Fsp3) is 1.00. The molecule has 0 amide bonds. The Morgan fingerprint density at radius 2 is 1.90 bits per heavy atom. The van der Waals surface area contributed by atoms with E-state index in [4.69, 9.17) is 0 Å². The van der Waals surface area contributed by atoms with Crippen molar-refractivity contribution >= 4 is 15.9 Å². The molecule has 0 aromatic rings. The molecule has 0 heterocycles. The summed E-state index contributed by atoms with van der Waals surface area (Å²) in [6.07, 6.45) is 6.96. The van der Waals surface area contributed by atoms with Crippen LogP contribution in [0.3, 0.4) is 0 Å². The highest BCUT2D eigenvalue weighted by molar-refractivity contribution is 9.09. The molecule has 0 bridgehead atoms. The second kappa shape index (κ2) is 3.25. The Labute approximate surface area is 72.5 Å². The minimum atomic E-state index is 0.614. The van der Waals surface area contributed by atoms with Crippen molar-refractivity contribution < 1.29 is 0 Å². The molecule has 1 saturated carbocycles. The summed E-state index contributed by atoms with van der Waals surface area (Å²) in [7, 11) is 0. The predicted molar refractivity (Wildman–Crippen MR) is 49.6 cm³/mol. The van der Waals surface area contributed by atoms with E-state index in [0.29, 0.717) is 5.41 Å². The Balaban J connectivity index is 2.41. The molecule has 1 fully saturated rings. The van der Waals surface area contributed by atoms with Crippen LogP contribution in [0, 0.1) is 5.41 Å². The van der Waals surface area contributed by atoms with Gasteiger partial charge in [0, 0.05) is 4.83 Å². The van der Waals surface area contributed by atoms with Crippen LogP contribution in [0.1, 0.15) is 46.0 Å². The molecule has 0 saturated heterocycles. The van der Waals surface area contributed by atoms with Gasteiger partial charge in [-0.25, -0.2) is 0 Å². The summed E-state index contributed by atoms with van der Waals surface area (Å²) in [6.45, 7) is 4.77. The minimum Gasteiger partial charge on any atom is -0.0891 e. The number of rotatable bonds is 0. The third-order valence-electron chi connectivity index (χ3n) is 2.51. The van der Waals surface area contributed by atoms with Gasteiger partial charge in [-0.05, 0) is 31.1 Å². The third-order valence-corrected chi connectivity index (χ3v) is 3.42. The van der Waals surface area contributed by atoms with Crippen LogP contribution in [0.4, 0.5) is 0 Å². The van der Waals surface area contributed by atoms with Crippen molar-refractivity contribution in [1.82, 2.24) is 0 Å². The Bertz CT molecular complexity index is 107. The average Bonchev–Trinajstić information content (AvgIpc) is 1.94. The molecular weight excluding hydrogens is 188 g/mol. The van der Waals surface area contributed by atoms with Gasteiger partial charge in [0.1, 0.15) is 0 Å². The van der Waals surface area contributed by atoms with Crippen molar-refractivity contribution in [2.24, 2.45) is 5.41 Å². The highest BCUT2D eigenvalue weighted by Gasteiger charge is 2.22. The largest absolute Gasteiger partial charge is 0.0891 e. The van der Waals surface area contributed by atoms with E-state index in [1.54, 1.807) is 0 Å². The Hall–Kier alpha value is 0.480. The number of alkyl halides is 1. The maximum Gasteiger partial charge on any atom is 0.0146 e. The second-order valence-electron chi connectivity index (χ2n) is 4.19. The first-order valence-corrected chi connectivity index (χ1v) is 5.16. The molecule has 1 heteroatoms. The van der Waals surface area contributed by atoms with Crippen molar-refractivity contribution in [1.29, 1.82) is 0 Å². The first kappa shape index (κ1) is 8.58. The third kappa shape index (κ3) is 2.61. The zero-order valence-electron chi connectivity index (χ0n) is 6.99. The van der Waals surface area contributed by atoms with Gasteiger partial charge in [0.25, 0.3) is 0 Å². The van der Waals surface area contributed by atoms with E-state index < -0.39 is 0 Å². The lowest BCUT2D eigenvalue weighted by molar-refractivity contribution is 0.315. The highest BCUT2D eigenvalue weighted by Crippen LogP contribution is 2.35. The topological polar surface area (TPSA) is 0 Å². The van der Waals surface area contributed by atoms with E-state index in [2.05, 4.69) is 29.8 Å². The first-order valence-electron chi connectivity index (χ1n) is 4.24. The van der Waals surface area contributed by atoms with Crippen molar-refractivity contribution in [3.05, 3.63) is 0 Å². The van der Waals surface area contributed by atoms with E-state index in [1.807, 2.05) is 0 Å². The molecule has 0 aliphatic heterocycles. The van der Waals surface area contributed by atoms with Crippen LogP contribution >= 0.6 is 15.9 Å². The van der Waals surface area contributed by atoms with Gasteiger partial charge in [0.05, 0.1) is 0 Å². The van der Waals surface area contributed by atoms with Crippen molar-refractivity contribution in [3.8, 4) is 0 Å². The number of halogens is 1. The molecule has 1 atom stereocenters. The number of hydrogen-bond acceptors (Lipinski definition) is 0. The maximum absolute atomic E-state index is 3.69. The second-order valence-corrected chi connectivity index (χ2v) is 5.49. The molecular formula is C9H17Br. The zero-order chi connectivity index (χ0) is 7.61. The summed E-state index contributed by atoms with van der Waals surface area (Å²) in [5.41, 5.74) is 0.614. The van der Waals surface area contributed by atoms with E-state index >= 15 is 0 Å². The Morgan fingerprint density at radius 1 is 1.20 bits per heavy atom. The molecule has 1 unspecified atom stereocenters.